The molecule has 0 radical (unpaired) electrons. The third kappa shape index (κ3) is 3.01. The zero-order valence-corrected chi connectivity index (χ0v) is 8.29. The maximum absolute atomic E-state index is 11.2. The fourth-order valence-corrected chi connectivity index (χ4v) is 0.984. The number of hydrogen-bond acceptors (Lipinski definition) is 5. The van der Waals surface area contributed by atoms with Gasteiger partial charge in [0.15, 0.2) is 0 Å². The molecule has 0 aliphatic heterocycles. The Hall–Kier alpha value is -1.99. The second-order valence-corrected chi connectivity index (χ2v) is 3.08. The van der Waals surface area contributed by atoms with Crippen molar-refractivity contribution in [2.24, 2.45) is 5.73 Å². The fraction of sp³-hybridized carbons (Fsp3) is 0.222. The maximum atomic E-state index is 11.2. The molecule has 16 heavy (non-hydrogen) atoms. The Balaban J connectivity index is 2.69. The highest BCUT2D eigenvalue weighted by Crippen LogP contribution is 2.15. The predicted octanol–water partition coefficient (Wildman–Crippen LogP) is -0.147. The molecule has 1 aromatic rings. The number of non-ortho nitro benzene ring substituents is 1. The van der Waals surface area contributed by atoms with Crippen LogP contribution in [0.15, 0.2) is 24.3 Å². The van der Waals surface area contributed by atoms with Gasteiger partial charge in [-0.25, -0.2) is 0 Å². The summed E-state index contributed by atoms with van der Waals surface area (Å²) in [5.74, 6) is -0.545. The van der Waals surface area contributed by atoms with Gasteiger partial charge in [0.2, 0.25) is 5.91 Å². The van der Waals surface area contributed by atoms with E-state index in [2.05, 4.69) is 5.32 Å². The first-order chi connectivity index (χ1) is 7.54. The predicted molar refractivity (Wildman–Crippen MR) is 56.8 cm³/mol. The number of nitro groups is 1. The minimum absolute atomic E-state index is 0.0653. The second-order valence-electron chi connectivity index (χ2n) is 3.08. The molecule has 0 fully saturated rings. The number of aliphatic hydroxyl groups excluding tert-OH is 1. The summed E-state index contributed by atoms with van der Waals surface area (Å²) in [5.41, 5.74) is 5.60. The number of aliphatic hydroxyl groups is 1. The van der Waals surface area contributed by atoms with Gasteiger partial charge in [-0.05, 0) is 12.1 Å². The average molecular weight is 225 g/mol. The third-order valence-corrected chi connectivity index (χ3v) is 1.88. The van der Waals surface area contributed by atoms with Crippen LogP contribution >= 0.6 is 0 Å². The van der Waals surface area contributed by atoms with Gasteiger partial charge >= 0.3 is 0 Å². The average Bonchev–Trinajstić information content (AvgIpc) is 2.28. The highest BCUT2D eigenvalue weighted by molar-refractivity contribution is 5.94. The van der Waals surface area contributed by atoms with E-state index in [1.165, 1.54) is 24.3 Å². The first-order valence-corrected chi connectivity index (χ1v) is 4.46. The zero-order valence-electron chi connectivity index (χ0n) is 8.29. The number of amides is 1. The number of carbonyl (C=O) groups is 1. The molecule has 7 nitrogen and oxygen atoms in total. The lowest BCUT2D eigenvalue weighted by Crippen LogP contribution is -2.38. The van der Waals surface area contributed by atoms with Crippen LogP contribution in [-0.2, 0) is 4.79 Å². The van der Waals surface area contributed by atoms with Crippen molar-refractivity contribution >= 4 is 17.3 Å². The monoisotopic (exact) mass is 225 g/mol. The lowest BCUT2D eigenvalue weighted by atomic mass is 10.2. The van der Waals surface area contributed by atoms with Crippen molar-refractivity contribution in [1.82, 2.24) is 0 Å². The molecule has 1 atom stereocenters. The van der Waals surface area contributed by atoms with Gasteiger partial charge in [0.1, 0.15) is 6.04 Å². The second kappa shape index (κ2) is 5.19. The van der Waals surface area contributed by atoms with E-state index in [9.17, 15) is 14.9 Å². The maximum Gasteiger partial charge on any atom is 0.269 e. The molecule has 7 heteroatoms. The van der Waals surface area contributed by atoms with Gasteiger partial charge in [0.25, 0.3) is 5.69 Å². The van der Waals surface area contributed by atoms with Crippen molar-refractivity contribution < 1.29 is 14.8 Å². The van der Waals surface area contributed by atoms with Gasteiger partial charge < -0.3 is 16.2 Å². The number of nitrogens with one attached hydrogen (secondary N) is 1. The van der Waals surface area contributed by atoms with Crippen molar-refractivity contribution in [3.05, 3.63) is 34.4 Å². The molecule has 0 aliphatic rings. The molecular weight excluding hydrogens is 214 g/mol. The molecule has 0 saturated heterocycles. The molecule has 0 saturated carbocycles. The van der Waals surface area contributed by atoms with Crippen molar-refractivity contribution in [2.45, 2.75) is 6.04 Å². The highest BCUT2D eigenvalue weighted by Gasteiger charge is 2.12. The van der Waals surface area contributed by atoms with Gasteiger partial charge in [-0.3, -0.25) is 14.9 Å². The minimum Gasteiger partial charge on any atom is -0.394 e. The third-order valence-electron chi connectivity index (χ3n) is 1.88. The molecule has 1 rings (SSSR count). The summed E-state index contributed by atoms with van der Waals surface area (Å²) in [6.45, 7) is -0.460. The lowest BCUT2D eigenvalue weighted by molar-refractivity contribution is -0.384. The number of anilines is 1. The molecule has 4 N–H and O–H groups in total. The fourth-order valence-electron chi connectivity index (χ4n) is 0.984. The molecule has 1 amide bonds. The van der Waals surface area contributed by atoms with Crippen LogP contribution in [0.25, 0.3) is 0 Å². The van der Waals surface area contributed by atoms with Crippen molar-refractivity contribution in [3.8, 4) is 0 Å². The summed E-state index contributed by atoms with van der Waals surface area (Å²) < 4.78 is 0. The molecule has 1 aromatic carbocycles. The van der Waals surface area contributed by atoms with Crippen molar-refractivity contribution in [2.75, 3.05) is 11.9 Å². The normalized spacial score (nSPS) is 11.9. The van der Waals surface area contributed by atoms with Crippen LogP contribution in [0.3, 0.4) is 0 Å². The van der Waals surface area contributed by atoms with Gasteiger partial charge in [-0.2, -0.15) is 0 Å². The van der Waals surface area contributed by atoms with E-state index in [1.807, 2.05) is 0 Å². The molecule has 0 aromatic heterocycles. The van der Waals surface area contributed by atoms with Gasteiger partial charge in [-0.15, -0.1) is 0 Å². The number of nitrogens with zero attached hydrogens (tertiary/aromatic N) is 1. The molecule has 0 spiro atoms. The van der Waals surface area contributed by atoms with E-state index < -0.39 is 23.5 Å². The Morgan fingerprint density at radius 2 is 2.06 bits per heavy atom. The van der Waals surface area contributed by atoms with Crippen molar-refractivity contribution in [3.63, 3.8) is 0 Å². The van der Waals surface area contributed by atoms with Crippen LogP contribution < -0.4 is 11.1 Å². The van der Waals surface area contributed by atoms with Crippen LogP contribution in [0.4, 0.5) is 11.4 Å². The topological polar surface area (TPSA) is 118 Å². The quantitative estimate of drug-likeness (QED) is 0.486. The van der Waals surface area contributed by atoms with Gasteiger partial charge in [0, 0.05) is 17.8 Å². The van der Waals surface area contributed by atoms with Gasteiger partial charge in [0.05, 0.1) is 11.5 Å². The first kappa shape index (κ1) is 12.1. The van der Waals surface area contributed by atoms with E-state index in [0.717, 1.165) is 0 Å². The Labute approximate surface area is 91.0 Å². The summed E-state index contributed by atoms with van der Waals surface area (Å²) in [6, 6.07) is 4.30. The smallest absolute Gasteiger partial charge is 0.269 e. The van der Waals surface area contributed by atoms with Crippen LogP contribution in [-0.4, -0.2) is 28.6 Å². The van der Waals surface area contributed by atoms with Crippen LogP contribution in [0, 0.1) is 10.1 Å². The molecule has 0 aliphatic carbocycles. The summed E-state index contributed by atoms with van der Waals surface area (Å²) in [7, 11) is 0. The van der Waals surface area contributed by atoms with E-state index >= 15 is 0 Å². The van der Waals surface area contributed by atoms with E-state index in [1.54, 1.807) is 0 Å². The van der Waals surface area contributed by atoms with E-state index in [0.29, 0.717) is 5.69 Å². The summed E-state index contributed by atoms with van der Waals surface area (Å²) in [6.07, 6.45) is 0. The van der Waals surface area contributed by atoms with Crippen LogP contribution in [0.5, 0.6) is 0 Å². The number of benzene rings is 1. The van der Waals surface area contributed by atoms with Crippen LogP contribution in [0.2, 0.25) is 0 Å². The number of hydrogen-bond donors (Lipinski definition) is 3. The largest absolute Gasteiger partial charge is 0.394 e. The Morgan fingerprint density at radius 1 is 1.50 bits per heavy atom. The summed E-state index contributed by atoms with van der Waals surface area (Å²) in [5, 5.41) is 21.4. The lowest BCUT2D eigenvalue weighted by Gasteiger charge is -2.08. The Morgan fingerprint density at radius 3 is 2.50 bits per heavy atom. The number of nitrogens with two attached hydrogens (primary N) is 1. The number of nitro benzene ring substituents is 1. The summed E-state index contributed by atoms with van der Waals surface area (Å²) >= 11 is 0. The molecule has 86 valence electrons. The van der Waals surface area contributed by atoms with E-state index in [-0.39, 0.29) is 5.69 Å². The zero-order chi connectivity index (χ0) is 12.1. The molecule has 0 bridgehead atoms. The van der Waals surface area contributed by atoms with E-state index in [4.69, 9.17) is 10.8 Å². The Bertz CT molecular complexity index is 390. The van der Waals surface area contributed by atoms with Crippen molar-refractivity contribution in [1.29, 1.82) is 0 Å². The number of carbonyl (C=O) groups excluding carboxylic acids is 1. The number of rotatable bonds is 4. The molecular formula is C9H11N3O4. The minimum atomic E-state index is -1.00. The highest BCUT2D eigenvalue weighted by atomic mass is 16.6. The van der Waals surface area contributed by atoms with Crippen LogP contribution in [0.1, 0.15) is 0 Å². The Kier molecular flexibility index (Phi) is 3.92. The standard InChI is InChI=1S/C9H11N3O4/c10-8(5-13)9(14)11-6-1-3-7(4-2-6)12(15)16/h1-4,8,13H,5,10H2,(H,11,14)/t8-/m0/s1. The SMILES string of the molecule is N[C@@H](CO)C(=O)Nc1ccc([N+](=O)[O-])cc1. The molecule has 0 heterocycles. The first-order valence-electron chi connectivity index (χ1n) is 4.46. The van der Waals surface area contributed by atoms with Gasteiger partial charge in [-0.1, -0.05) is 0 Å². The summed E-state index contributed by atoms with van der Waals surface area (Å²) in [4.78, 5) is 21.0. The molecule has 0 unspecified atom stereocenters.